The lowest BCUT2D eigenvalue weighted by Crippen LogP contribution is -2.03. The molecule has 0 unspecified atom stereocenters. The maximum Gasteiger partial charge on any atom is 0.365 e. The van der Waals surface area contributed by atoms with Crippen molar-refractivity contribution in [1.29, 1.82) is 0 Å². The molecular weight excluding hydrogens is 248 g/mol. The number of aryl methyl sites for hydroxylation is 1. The van der Waals surface area contributed by atoms with Crippen LogP contribution in [-0.2, 0) is 13.0 Å². The van der Waals surface area contributed by atoms with E-state index in [1.165, 1.54) is 5.56 Å². The largest absolute Gasteiger partial charge is 0.476 e. The van der Waals surface area contributed by atoms with Gasteiger partial charge < -0.3 is 10.4 Å². The zero-order valence-electron chi connectivity index (χ0n) is 10.0. The number of anilines is 1. The molecule has 0 radical (unpaired) electrons. The predicted molar refractivity (Wildman–Crippen MR) is 72.2 cm³/mol. The summed E-state index contributed by atoms with van der Waals surface area (Å²) in [7, 11) is 0. The molecule has 0 atom stereocenters. The number of nitrogens with zero attached hydrogens (tertiary/aromatic N) is 1. The number of aromatic carboxylic acids is 1. The van der Waals surface area contributed by atoms with Gasteiger partial charge in [-0.05, 0) is 18.1 Å². The fraction of sp³-hybridized carbons (Fsp3) is 0.231. The summed E-state index contributed by atoms with van der Waals surface area (Å²) in [6.07, 6.45) is 0.959. The standard InChI is InChI=1S/C13H14N2O2S/c1-2-9-5-3-4-6-11(9)14-7-10-8-18-12(15-10)13(16)17/h3-6,8,14H,2,7H2,1H3,(H,16,17). The van der Waals surface area contributed by atoms with Crippen molar-refractivity contribution in [2.24, 2.45) is 0 Å². The molecule has 1 aromatic carbocycles. The summed E-state index contributed by atoms with van der Waals surface area (Å²) >= 11 is 1.15. The van der Waals surface area contributed by atoms with Gasteiger partial charge >= 0.3 is 5.97 Å². The molecule has 0 spiro atoms. The first kappa shape index (κ1) is 12.6. The number of hydrogen-bond donors (Lipinski definition) is 2. The second kappa shape index (κ2) is 5.64. The Kier molecular flexibility index (Phi) is 3.94. The topological polar surface area (TPSA) is 62.2 Å². The van der Waals surface area contributed by atoms with E-state index < -0.39 is 5.97 Å². The number of nitrogens with one attached hydrogen (secondary N) is 1. The molecule has 2 aromatic rings. The highest BCUT2D eigenvalue weighted by Crippen LogP contribution is 2.17. The van der Waals surface area contributed by atoms with Gasteiger partial charge in [-0.1, -0.05) is 25.1 Å². The average molecular weight is 262 g/mol. The fourth-order valence-corrected chi connectivity index (χ4v) is 2.33. The molecule has 0 aliphatic heterocycles. The van der Waals surface area contributed by atoms with Crippen LogP contribution < -0.4 is 5.32 Å². The summed E-state index contributed by atoms with van der Waals surface area (Å²) in [5.41, 5.74) is 3.07. The number of hydrogen-bond acceptors (Lipinski definition) is 4. The SMILES string of the molecule is CCc1ccccc1NCc1csc(C(=O)O)n1. The van der Waals surface area contributed by atoms with Gasteiger partial charge in [0.15, 0.2) is 0 Å². The maximum absolute atomic E-state index is 10.7. The van der Waals surface area contributed by atoms with E-state index in [0.29, 0.717) is 6.54 Å². The molecular formula is C13H14N2O2S. The van der Waals surface area contributed by atoms with Crippen LogP contribution in [0.1, 0.15) is 28.0 Å². The molecule has 5 heteroatoms. The van der Waals surface area contributed by atoms with Gasteiger partial charge in [0, 0.05) is 11.1 Å². The van der Waals surface area contributed by atoms with Gasteiger partial charge in [0.1, 0.15) is 0 Å². The lowest BCUT2D eigenvalue weighted by Gasteiger charge is -2.09. The summed E-state index contributed by atoms with van der Waals surface area (Å²) in [5, 5.41) is 14.0. The normalized spacial score (nSPS) is 10.3. The van der Waals surface area contributed by atoms with E-state index in [2.05, 4.69) is 23.3 Å². The Morgan fingerprint density at radius 3 is 2.89 bits per heavy atom. The molecule has 0 aliphatic carbocycles. The van der Waals surface area contributed by atoms with Crippen molar-refractivity contribution in [3.05, 3.63) is 45.9 Å². The van der Waals surface area contributed by atoms with Gasteiger partial charge in [-0.2, -0.15) is 0 Å². The quantitative estimate of drug-likeness (QED) is 0.869. The first-order valence-electron chi connectivity index (χ1n) is 5.70. The highest BCUT2D eigenvalue weighted by molar-refractivity contribution is 7.11. The number of benzene rings is 1. The number of rotatable bonds is 5. The van der Waals surface area contributed by atoms with Gasteiger partial charge in [0.2, 0.25) is 5.01 Å². The average Bonchev–Trinajstić information content (AvgIpc) is 2.85. The Balaban J connectivity index is 2.04. The molecule has 0 aliphatic rings. The predicted octanol–water partition coefficient (Wildman–Crippen LogP) is 3.02. The Morgan fingerprint density at radius 2 is 2.22 bits per heavy atom. The number of carboxylic acid groups (broad SMARTS) is 1. The minimum atomic E-state index is -0.972. The number of carboxylic acids is 1. The van der Waals surface area contributed by atoms with Crippen molar-refractivity contribution in [3.8, 4) is 0 Å². The summed E-state index contributed by atoms with van der Waals surface area (Å²) < 4.78 is 0. The lowest BCUT2D eigenvalue weighted by atomic mass is 10.1. The Bertz CT molecular complexity index is 551. The summed E-state index contributed by atoms with van der Waals surface area (Å²) in [5.74, 6) is -0.972. The van der Waals surface area contributed by atoms with E-state index in [-0.39, 0.29) is 5.01 Å². The number of aromatic nitrogens is 1. The van der Waals surface area contributed by atoms with Crippen LogP contribution in [0.15, 0.2) is 29.6 Å². The first-order valence-corrected chi connectivity index (χ1v) is 6.58. The van der Waals surface area contributed by atoms with E-state index in [9.17, 15) is 4.79 Å². The van der Waals surface area contributed by atoms with Crippen LogP contribution in [0.3, 0.4) is 0 Å². The Labute approximate surface area is 109 Å². The van der Waals surface area contributed by atoms with Crippen LogP contribution in [0.25, 0.3) is 0 Å². The lowest BCUT2D eigenvalue weighted by molar-refractivity contribution is 0.0696. The fourth-order valence-electron chi connectivity index (χ4n) is 1.67. The highest BCUT2D eigenvalue weighted by Gasteiger charge is 2.08. The number of thiazole rings is 1. The van der Waals surface area contributed by atoms with Crippen LogP contribution in [0.4, 0.5) is 5.69 Å². The van der Waals surface area contributed by atoms with Crippen molar-refractivity contribution in [3.63, 3.8) is 0 Å². The third-order valence-corrected chi connectivity index (χ3v) is 3.47. The zero-order chi connectivity index (χ0) is 13.0. The monoisotopic (exact) mass is 262 g/mol. The first-order chi connectivity index (χ1) is 8.70. The van der Waals surface area contributed by atoms with Gasteiger partial charge in [-0.3, -0.25) is 0 Å². The van der Waals surface area contributed by atoms with Gasteiger partial charge in [-0.15, -0.1) is 11.3 Å². The smallest absolute Gasteiger partial charge is 0.365 e. The van der Waals surface area contributed by atoms with Crippen molar-refractivity contribution in [2.75, 3.05) is 5.32 Å². The highest BCUT2D eigenvalue weighted by atomic mass is 32.1. The molecule has 0 amide bonds. The summed E-state index contributed by atoms with van der Waals surface area (Å²) in [6, 6.07) is 8.08. The molecule has 0 saturated heterocycles. The van der Waals surface area contributed by atoms with Crippen LogP contribution in [0.5, 0.6) is 0 Å². The number of para-hydroxylation sites is 1. The molecule has 2 N–H and O–H groups in total. The van der Waals surface area contributed by atoms with Gasteiger partial charge in [0.25, 0.3) is 0 Å². The molecule has 4 nitrogen and oxygen atoms in total. The van der Waals surface area contributed by atoms with Crippen LogP contribution in [-0.4, -0.2) is 16.1 Å². The van der Waals surface area contributed by atoms with Crippen LogP contribution in [0.2, 0.25) is 0 Å². The summed E-state index contributed by atoms with van der Waals surface area (Å²) in [4.78, 5) is 14.8. The third kappa shape index (κ3) is 2.87. The van der Waals surface area contributed by atoms with E-state index in [1.807, 2.05) is 18.2 Å². The number of carbonyl (C=O) groups is 1. The van der Waals surface area contributed by atoms with E-state index in [0.717, 1.165) is 29.1 Å². The maximum atomic E-state index is 10.7. The van der Waals surface area contributed by atoms with E-state index in [4.69, 9.17) is 5.11 Å². The van der Waals surface area contributed by atoms with Crippen LogP contribution >= 0.6 is 11.3 Å². The summed E-state index contributed by atoms with van der Waals surface area (Å²) in [6.45, 7) is 2.65. The molecule has 94 valence electrons. The molecule has 18 heavy (non-hydrogen) atoms. The minimum Gasteiger partial charge on any atom is -0.476 e. The minimum absolute atomic E-state index is 0.135. The van der Waals surface area contributed by atoms with Crippen molar-refractivity contribution in [2.45, 2.75) is 19.9 Å². The van der Waals surface area contributed by atoms with Crippen molar-refractivity contribution in [1.82, 2.24) is 4.98 Å². The third-order valence-electron chi connectivity index (χ3n) is 2.59. The molecule has 1 heterocycles. The van der Waals surface area contributed by atoms with Crippen molar-refractivity contribution >= 4 is 23.0 Å². The zero-order valence-corrected chi connectivity index (χ0v) is 10.8. The Hall–Kier alpha value is -1.88. The van der Waals surface area contributed by atoms with E-state index in [1.54, 1.807) is 5.38 Å². The second-order valence-electron chi connectivity index (χ2n) is 3.81. The molecule has 2 rings (SSSR count). The van der Waals surface area contributed by atoms with Crippen molar-refractivity contribution < 1.29 is 9.90 Å². The van der Waals surface area contributed by atoms with Crippen LogP contribution in [0, 0.1) is 0 Å². The second-order valence-corrected chi connectivity index (χ2v) is 4.67. The molecule has 0 bridgehead atoms. The van der Waals surface area contributed by atoms with Gasteiger partial charge in [-0.25, -0.2) is 9.78 Å². The molecule has 0 fully saturated rings. The van der Waals surface area contributed by atoms with E-state index >= 15 is 0 Å². The Morgan fingerprint density at radius 1 is 1.44 bits per heavy atom. The molecule has 1 aromatic heterocycles. The van der Waals surface area contributed by atoms with Gasteiger partial charge in [0.05, 0.1) is 12.2 Å². The molecule has 0 saturated carbocycles.